The Bertz CT molecular complexity index is 704. The van der Waals surface area contributed by atoms with E-state index in [1.807, 2.05) is 30.3 Å². The average Bonchev–Trinajstić information content (AvgIpc) is 2.61. The van der Waals surface area contributed by atoms with Gasteiger partial charge in [0.25, 0.3) is 0 Å². The van der Waals surface area contributed by atoms with Gasteiger partial charge in [-0.1, -0.05) is 54.1 Å². The second-order valence-electron chi connectivity index (χ2n) is 5.81. The molecule has 5 heteroatoms. The first-order valence-electron chi connectivity index (χ1n) is 8.41. The number of anilines is 1. The summed E-state index contributed by atoms with van der Waals surface area (Å²) in [6.07, 6.45) is 2.06. The van der Waals surface area contributed by atoms with Crippen molar-refractivity contribution in [2.24, 2.45) is 0 Å². The molecule has 0 spiro atoms. The van der Waals surface area contributed by atoms with Crippen LogP contribution < -0.4 is 10.2 Å². The van der Waals surface area contributed by atoms with Crippen molar-refractivity contribution >= 4 is 29.1 Å². The number of hydrogen-bond acceptors (Lipinski definition) is 2. The largest absolute Gasteiger partial charge is 0.356 e. The van der Waals surface area contributed by atoms with E-state index >= 15 is 0 Å². The Morgan fingerprint density at radius 3 is 2.40 bits per heavy atom. The highest BCUT2D eigenvalue weighted by molar-refractivity contribution is 6.33. The summed E-state index contributed by atoms with van der Waals surface area (Å²) < 4.78 is 0. The molecule has 0 aliphatic rings. The first kappa shape index (κ1) is 19.0. The Morgan fingerprint density at radius 2 is 1.72 bits per heavy atom. The van der Waals surface area contributed by atoms with Gasteiger partial charge in [-0.2, -0.15) is 0 Å². The van der Waals surface area contributed by atoms with Gasteiger partial charge in [-0.05, 0) is 30.5 Å². The van der Waals surface area contributed by atoms with Gasteiger partial charge in [0, 0.05) is 26.4 Å². The second-order valence-corrected chi connectivity index (χ2v) is 6.22. The standard InChI is InChI=1S/C20H23ClN2O2/c1-16(24)23(19-12-6-5-11-18(19)21)15-13-20(25)22-14-7-10-17-8-3-2-4-9-17/h2-6,8-9,11-12H,7,10,13-15H2,1H3,(H,22,25). The van der Waals surface area contributed by atoms with Crippen molar-refractivity contribution in [3.63, 3.8) is 0 Å². The van der Waals surface area contributed by atoms with Crippen LogP contribution in [0.5, 0.6) is 0 Å². The summed E-state index contributed by atoms with van der Waals surface area (Å²) in [6.45, 7) is 2.41. The van der Waals surface area contributed by atoms with Crippen LogP contribution in [0.4, 0.5) is 5.69 Å². The zero-order chi connectivity index (χ0) is 18.1. The van der Waals surface area contributed by atoms with Gasteiger partial charge in [-0.15, -0.1) is 0 Å². The number of nitrogens with zero attached hydrogens (tertiary/aromatic N) is 1. The summed E-state index contributed by atoms with van der Waals surface area (Å²) in [4.78, 5) is 25.4. The van der Waals surface area contributed by atoms with Crippen LogP contribution in [0.2, 0.25) is 5.02 Å². The number of carbonyl (C=O) groups is 2. The maximum absolute atomic E-state index is 12.0. The van der Waals surface area contributed by atoms with Gasteiger partial charge < -0.3 is 10.2 Å². The topological polar surface area (TPSA) is 49.4 Å². The molecule has 0 aliphatic carbocycles. The van der Waals surface area contributed by atoms with Gasteiger partial charge in [0.05, 0.1) is 10.7 Å². The minimum Gasteiger partial charge on any atom is -0.356 e. The predicted octanol–water partition coefficient (Wildman–Crippen LogP) is 3.83. The molecule has 4 nitrogen and oxygen atoms in total. The lowest BCUT2D eigenvalue weighted by Gasteiger charge is -2.22. The number of benzene rings is 2. The Kier molecular flexibility index (Phi) is 7.48. The number of nitrogens with one attached hydrogen (secondary N) is 1. The highest BCUT2D eigenvalue weighted by atomic mass is 35.5. The number of para-hydroxylation sites is 1. The summed E-state index contributed by atoms with van der Waals surface area (Å²) in [5, 5.41) is 3.40. The zero-order valence-corrected chi connectivity index (χ0v) is 15.1. The third-order valence-electron chi connectivity index (χ3n) is 3.89. The fraction of sp³-hybridized carbons (Fsp3) is 0.300. The number of hydrogen-bond donors (Lipinski definition) is 1. The molecule has 0 atom stereocenters. The van der Waals surface area contributed by atoms with Crippen molar-refractivity contribution in [2.75, 3.05) is 18.0 Å². The molecule has 0 heterocycles. The van der Waals surface area contributed by atoms with Crippen molar-refractivity contribution in [3.8, 4) is 0 Å². The zero-order valence-electron chi connectivity index (χ0n) is 14.4. The summed E-state index contributed by atoms with van der Waals surface area (Å²) in [5.41, 5.74) is 1.90. The van der Waals surface area contributed by atoms with Crippen LogP contribution >= 0.6 is 11.6 Å². The Balaban J connectivity index is 1.76. The summed E-state index contributed by atoms with van der Waals surface area (Å²) in [5.74, 6) is -0.198. The van der Waals surface area contributed by atoms with E-state index in [1.165, 1.54) is 17.4 Å². The number of aryl methyl sites for hydroxylation is 1. The molecule has 25 heavy (non-hydrogen) atoms. The predicted molar refractivity (Wildman–Crippen MR) is 102 cm³/mol. The normalized spacial score (nSPS) is 10.3. The Morgan fingerprint density at radius 1 is 1.04 bits per heavy atom. The summed E-state index contributed by atoms with van der Waals surface area (Å²) in [6, 6.07) is 17.3. The van der Waals surface area contributed by atoms with Crippen LogP contribution in [0.1, 0.15) is 25.3 Å². The molecule has 1 N–H and O–H groups in total. The van der Waals surface area contributed by atoms with Crippen molar-refractivity contribution in [1.82, 2.24) is 5.32 Å². The lowest BCUT2D eigenvalue weighted by molar-refractivity contribution is -0.121. The fourth-order valence-corrected chi connectivity index (χ4v) is 2.82. The van der Waals surface area contributed by atoms with Crippen LogP contribution in [0.25, 0.3) is 0 Å². The van der Waals surface area contributed by atoms with Crippen molar-refractivity contribution in [2.45, 2.75) is 26.2 Å². The maximum Gasteiger partial charge on any atom is 0.223 e. The molecule has 0 aliphatic heterocycles. The second kappa shape index (κ2) is 9.84. The molecule has 2 aromatic rings. The number of carbonyl (C=O) groups excluding carboxylic acids is 2. The van der Waals surface area contributed by atoms with Gasteiger partial charge in [0.1, 0.15) is 0 Å². The molecule has 0 unspecified atom stereocenters. The van der Waals surface area contributed by atoms with Crippen molar-refractivity contribution < 1.29 is 9.59 Å². The average molecular weight is 359 g/mol. The molecule has 0 radical (unpaired) electrons. The van der Waals surface area contributed by atoms with Crippen LogP contribution in [-0.4, -0.2) is 24.9 Å². The van der Waals surface area contributed by atoms with E-state index in [0.717, 1.165) is 12.8 Å². The smallest absolute Gasteiger partial charge is 0.223 e. The monoisotopic (exact) mass is 358 g/mol. The first-order chi connectivity index (χ1) is 12.1. The Hall–Kier alpha value is -2.33. The van der Waals surface area contributed by atoms with E-state index in [-0.39, 0.29) is 18.2 Å². The summed E-state index contributed by atoms with van der Waals surface area (Å²) >= 11 is 6.14. The minimum absolute atomic E-state index is 0.0636. The van der Waals surface area contributed by atoms with E-state index in [2.05, 4.69) is 17.4 Å². The van der Waals surface area contributed by atoms with Crippen molar-refractivity contribution in [1.29, 1.82) is 0 Å². The molecule has 132 valence electrons. The third-order valence-corrected chi connectivity index (χ3v) is 4.21. The van der Waals surface area contributed by atoms with Crippen LogP contribution in [-0.2, 0) is 16.0 Å². The molecule has 2 aromatic carbocycles. The van der Waals surface area contributed by atoms with Gasteiger partial charge in [0.15, 0.2) is 0 Å². The molecule has 0 saturated heterocycles. The number of halogens is 1. The molecule has 0 bridgehead atoms. The quantitative estimate of drug-likeness (QED) is 0.729. The number of amides is 2. The molecular weight excluding hydrogens is 336 g/mol. The molecule has 0 aromatic heterocycles. The maximum atomic E-state index is 12.0. The van der Waals surface area contributed by atoms with E-state index in [1.54, 1.807) is 12.1 Å². The highest BCUT2D eigenvalue weighted by Crippen LogP contribution is 2.25. The van der Waals surface area contributed by atoms with Gasteiger partial charge in [-0.3, -0.25) is 9.59 Å². The van der Waals surface area contributed by atoms with Gasteiger partial charge in [0.2, 0.25) is 11.8 Å². The SMILES string of the molecule is CC(=O)N(CCC(=O)NCCCc1ccccc1)c1ccccc1Cl. The molecule has 2 amide bonds. The molecule has 0 saturated carbocycles. The summed E-state index contributed by atoms with van der Waals surface area (Å²) in [7, 11) is 0. The Labute approximate surface area is 153 Å². The van der Waals surface area contributed by atoms with Crippen LogP contribution in [0.15, 0.2) is 54.6 Å². The molecular formula is C20H23ClN2O2. The van der Waals surface area contributed by atoms with Crippen LogP contribution in [0.3, 0.4) is 0 Å². The van der Waals surface area contributed by atoms with Gasteiger partial charge >= 0.3 is 0 Å². The lowest BCUT2D eigenvalue weighted by atomic mass is 10.1. The fourth-order valence-electron chi connectivity index (χ4n) is 2.58. The first-order valence-corrected chi connectivity index (χ1v) is 8.79. The van der Waals surface area contributed by atoms with E-state index in [9.17, 15) is 9.59 Å². The minimum atomic E-state index is -0.134. The highest BCUT2D eigenvalue weighted by Gasteiger charge is 2.15. The van der Waals surface area contributed by atoms with Crippen molar-refractivity contribution in [3.05, 3.63) is 65.2 Å². The van der Waals surface area contributed by atoms with E-state index < -0.39 is 0 Å². The molecule has 2 rings (SSSR count). The van der Waals surface area contributed by atoms with Gasteiger partial charge in [-0.25, -0.2) is 0 Å². The number of rotatable bonds is 8. The van der Waals surface area contributed by atoms with Crippen LogP contribution in [0, 0.1) is 0 Å². The molecule has 0 fully saturated rings. The van der Waals surface area contributed by atoms with E-state index in [4.69, 9.17) is 11.6 Å². The lowest BCUT2D eigenvalue weighted by Crippen LogP contribution is -2.34. The van der Waals surface area contributed by atoms with E-state index in [0.29, 0.717) is 23.8 Å². The third kappa shape index (κ3) is 6.24.